The summed E-state index contributed by atoms with van der Waals surface area (Å²) in [4.78, 5) is 16.5. The van der Waals surface area contributed by atoms with Gasteiger partial charge in [-0.15, -0.1) is 5.10 Å². The monoisotopic (exact) mass is 350 g/mol. The lowest BCUT2D eigenvalue weighted by Gasteiger charge is -2.15. The van der Waals surface area contributed by atoms with Gasteiger partial charge in [-0.3, -0.25) is 9.78 Å². The summed E-state index contributed by atoms with van der Waals surface area (Å²) in [6.07, 6.45) is 0.00526. The number of benzene rings is 2. The Bertz CT molecular complexity index is 1150. The van der Waals surface area contributed by atoms with E-state index in [2.05, 4.69) is 15.3 Å². The van der Waals surface area contributed by atoms with Crippen molar-refractivity contribution in [2.75, 3.05) is 7.11 Å². The van der Waals surface area contributed by atoms with Crippen LogP contribution in [0.2, 0.25) is 0 Å². The summed E-state index contributed by atoms with van der Waals surface area (Å²) in [5.74, 6) is -0.797. The van der Waals surface area contributed by atoms with Gasteiger partial charge in [0.15, 0.2) is 0 Å². The van der Waals surface area contributed by atoms with Crippen LogP contribution in [0.15, 0.2) is 42.5 Å². The molecule has 2 aromatic heterocycles. The van der Waals surface area contributed by atoms with Gasteiger partial charge in [-0.05, 0) is 37.3 Å². The third-order valence-electron chi connectivity index (χ3n) is 4.34. The van der Waals surface area contributed by atoms with Crippen molar-refractivity contribution in [3.05, 3.63) is 59.5 Å². The standard InChI is InChI=1S/C19H15FN4O2/c1-11-13(10-18(25)26-2)19(14-9-12(20)7-8-15(14)21-11)24-17-6-4-3-5-16(17)22-23-24/h3-9H,10H2,1-2H3. The van der Waals surface area contributed by atoms with Gasteiger partial charge < -0.3 is 4.74 Å². The van der Waals surface area contributed by atoms with E-state index in [4.69, 9.17) is 4.74 Å². The number of ether oxygens (including phenoxy) is 1. The minimum Gasteiger partial charge on any atom is -0.469 e. The molecule has 0 radical (unpaired) electrons. The number of rotatable bonds is 3. The fourth-order valence-corrected chi connectivity index (χ4v) is 3.08. The Balaban J connectivity index is 2.11. The van der Waals surface area contributed by atoms with Crippen LogP contribution in [0.5, 0.6) is 0 Å². The summed E-state index contributed by atoms with van der Waals surface area (Å²) in [7, 11) is 1.33. The molecule has 0 spiro atoms. The maximum atomic E-state index is 14.0. The fourth-order valence-electron chi connectivity index (χ4n) is 3.08. The Kier molecular flexibility index (Phi) is 3.84. The molecule has 0 aliphatic rings. The van der Waals surface area contributed by atoms with E-state index in [9.17, 15) is 9.18 Å². The van der Waals surface area contributed by atoms with Crippen molar-refractivity contribution in [1.29, 1.82) is 0 Å². The Morgan fingerprint density at radius 2 is 2.00 bits per heavy atom. The highest BCUT2D eigenvalue weighted by molar-refractivity contribution is 5.92. The zero-order valence-electron chi connectivity index (χ0n) is 14.2. The van der Waals surface area contributed by atoms with Crippen LogP contribution in [0.4, 0.5) is 4.39 Å². The first-order valence-electron chi connectivity index (χ1n) is 8.05. The number of carbonyl (C=O) groups is 1. The first kappa shape index (κ1) is 16.1. The maximum absolute atomic E-state index is 14.0. The molecular formula is C19H15FN4O2. The highest BCUT2D eigenvalue weighted by atomic mass is 19.1. The smallest absolute Gasteiger partial charge is 0.310 e. The number of carbonyl (C=O) groups excluding carboxylic acids is 1. The molecule has 0 bridgehead atoms. The van der Waals surface area contributed by atoms with Crippen LogP contribution in [-0.2, 0) is 16.0 Å². The molecule has 0 fully saturated rings. The summed E-state index contributed by atoms with van der Waals surface area (Å²) >= 11 is 0. The minimum absolute atomic E-state index is 0.00526. The van der Waals surface area contributed by atoms with Crippen LogP contribution >= 0.6 is 0 Å². The fraction of sp³-hybridized carbons (Fsp3) is 0.158. The van der Waals surface area contributed by atoms with Crippen molar-refractivity contribution in [1.82, 2.24) is 20.0 Å². The summed E-state index contributed by atoms with van der Waals surface area (Å²) in [6, 6.07) is 11.8. The van der Waals surface area contributed by atoms with Crippen LogP contribution in [0.25, 0.3) is 27.6 Å². The van der Waals surface area contributed by atoms with Crippen LogP contribution in [0.1, 0.15) is 11.3 Å². The van der Waals surface area contributed by atoms with Crippen molar-refractivity contribution in [3.8, 4) is 5.69 Å². The van der Waals surface area contributed by atoms with Crippen molar-refractivity contribution in [2.24, 2.45) is 0 Å². The maximum Gasteiger partial charge on any atom is 0.310 e. The minimum atomic E-state index is -0.406. The Morgan fingerprint density at radius 3 is 2.81 bits per heavy atom. The van der Waals surface area contributed by atoms with Gasteiger partial charge in [0.2, 0.25) is 0 Å². The van der Waals surface area contributed by atoms with Gasteiger partial charge in [0.1, 0.15) is 11.3 Å². The van der Waals surface area contributed by atoms with Crippen molar-refractivity contribution >= 4 is 27.9 Å². The van der Waals surface area contributed by atoms with E-state index in [0.29, 0.717) is 33.4 Å². The second-order valence-corrected chi connectivity index (χ2v) is 5.93. The second kappa shape index (κ2) is 6.18. The SMILES string of the molecule is COC(=O)Cc1c(C)nc2ccc(F)cc2c1-n1nnc2ccccc21. The molecule has 0 aliphatic heterocycles. The van der Waals surface area contributed by atoms with E-state index in [-0.39, 0.29) is 6.42 Å². The van der Waals surface area contributed by atoms with E-state index < -0.39 is 11.8 Å². The lowest BCUT2D eigenvalue weighted by molar-refractivity contribution is -0.139. The molecule has 0 N–H and O–H groups in total. The number of aromatic nitrogens is 4. The topological polar surface area (TPSA) is 69.9 Å². The molecule has 7 heteroatoms. The molecule has 0 saturated heterocycles. The van der Waals surface area contributed by atoms with Crippen LogP contribution in [-0.4, -0.2) is 33.1 Å². The molecule has 2 aromatic carbocycles. The number of methoxy groups -OCH3 is 1. The van der Waals surface area contributed by atoms with E-state index >= 15 is 0 Å². The van der Waals surface area contributed by atoms with E-state index in [0.717, 1.165) is 5.52 Å². The highest BCUT2D eigenvalue weighted by Gasteiger charge is 2.20. The normalized spacial score (nSPS) is 11.2. The largest absolute Gasteiger partial charge is 0.469 e. The third kappa shape index (κ3) is 2.57. The average Bonchev–Trinajstić information content (AvgIpc) is 3.06. The van der Waals surface area contributed by atoms with Gasteiger partial charge in [0.05, 0.1) is 30.3 Å². The quantitative estimate of drug-likeness (QED) is 0.531. The number of para-hydroxylation sites is 1. The molecule has 0 unspecified atom stereocenters. The van der Waals surface area contributed by atoms with E-state index in [1.807, 2.05) is 31.2 Å². The average molecular weight is 350 g/mol. The summed E-state index contributed by atoms with van der Waals surface area (Å²) in [6.45, 7) is 1.81. The lowest BCUT2D eigenvalue weighted by atomic mass is 10.0. The van der Waals surface area contributed by atoms with E-state index in [1.165, 1.54) is 19.2 Å². The zero-order chi connectivity index (χ0) is 18.3. The van der Waals surface area contributed by atoms with Crippen molar-refractivity contribution < 1.29 is 13.9 Å². The number of hydrogen-bond donors (Lipinski definition) is 0. The number of nitrogens with zero attached hydrogens (tertiary/aromatic N) is 4. The molecule has 0 saturated carbocycles. The van der Waals surface area contributed by atoms with E-state index in [1.54, 1.807) is 10.7 Å². The molecule has 0 aliphatic carbocycles. The third-order valence-corrected chi connectivity index (χ3v) is 4.34. The van der Waals surface area contributed by atoms with Gasteiger partial charge in [0.25, 0.3) is 0 Å². The number of aryl methyl sites for hydroxylation is 1. The Morgan fingerprint density at radius 1 is 1.19 bits per heavy atom. The number of halogens is 1. The van der Waals surface area contributed by atoms with Crippen molar-refractivity contribution in [2.45, 2.75) is 13.3 Å². The zero-order valence-corrected chi connectivity index (χ0v) is 14.2. The molecule has 4 aromatic rings. The second-order valence-electron chi connectivity index (χ2n) is 5.93. The number of fused-ring (bicyclic) bond motifs is 2. The predicted octanol–water partition coefficient (Wildman–Crippen LogP) is 3.13. The summed E-state index contributed by atoms with van der Waals surface area (Å²) in [5, 5.41) is 8.98. The predicted molar refractivity (Wildman–Crippen MR) is 94.6 cm³/mol. The van der Waals surface area contributed by atoms with Gasteiger partial charge in [-0.25, -0.2) is 9.07 Å². The van der Waals surface area contributed by atoms with Crippen LogP contribution < -0.4 is 0 Å². The molecular weight excluding hydrogens is 335 g/mol. The lowest BCUT2D eigenvalue weighted by Crippen LogP contribution is -2.12. The Labute approximate surface area is 148 Å². The molecule has 2 heterocycles. The molecule has 4 rings (SSSR count). The molecule has 130 valence electrons. The molecule has 26 heavy (non-hydrogen) atoms. The summed E-state index contributed by atoms with van der Waals surface area (Å²) in [5.41, 5.74) is 3.96. The first-order valence-corrected chi connectivity index (χ1v) is 8.05. The number of hydrogen-bond acceptors (Lipinski definition) is 5. The van der Waals surface area contributed by atoms with Gasteiger partial charge in [-0.2, -0.15) is 0 Å². The molecule has 6 nitrogen and oxygen atoms in total. The first-order chi connectivity index (χ1) is 12.6. The number of pyridine rings is 1. The summed E-state index contributed by atoms with van der Waals surface area (Å²) < 4.78 is 20.4. The van der Waals surface area contributed by atoms with Gasteiger partial charge in [0, 0.05) is 16.6 Å². The van der Waals surface area contributed by atoms with Crippen LogP contribution in [0, 0.1) is 12.7 Å². The van der Waals surface area contributed by atoms with Crippen LogP contribution in [0.3, 0.4) is 0 Å². The highest BCUT2D eigenvalue weighted by Crippen LogP contribution is 2.30. The Hall–Kier alpha value is -3.35. The molecule has 0 amide bonds. The van der Waals surface area contributed by atoms with Gasteiger partial charge in [-0.1, -0.05) is 17.3 Å². The van der Waals surface area contributed by atoms with Crippen molar-refractivity contribution in [3.63, 3.8) is 0 Å². The number of esters is 1. The molecule has 0 atom stereocenters. The van der Waals surface area contributed by atoms with Gasteiger partial charge >= 0.3 is 5.97 Å².